The summed E-state index contributed by atoms with van der Waals surface area (Å²) in [4.78, 5) is 26.0. The number of carboxylic acids is 1. The maximum Gasteiger partial charge on any atom is 0.326 e. The van der Waals surface area contributed by atoms with Crippen molar-refractivity contribution in [2.75, 3.05) is 7.11 Å². The topological polar surface area (TPSA) is 66.8 Å². The Hall–Kier alpha value is -2.66. The Kier molecular flexibility index (Phi) is 4.62. The minimum atomic E-state index is -0.981. The van der Waals surface area contributed by atoms with Crippen molar-refractivity contribution in [1.82, 2.24) is 4.90 Å². The van der Waals surface area contributed by atoms with Crippen LogP contribution in [0.2, 0.25) is 0 Å². The fourth-order valence-corrected chi connectivity index (χ4v) is 3.08. The van der Waals surface area contributed by atoms with Crippen LogP contribution in [-0.4, -0.2) is 35.0 Å². The summed E-state index contributed by atoms with van der Waals surface area (Å²) >= 11 is 0. The molecule has 5 heteroatoms. The van der Waals surface area contributed by atoms with Crippen LogP contribution in [0.4, 0.5) is 0 Å². The Balaban J connectivity index is 1.92. The quantitative estimate of drug-likeness (QED) is 0.938. The summed E-state index contributed by atoms with van der Waals surface area (Å²) in [6, 6.07) is 13.9. The SMILES string of the molecule is COCc1cccc(C(=O)N2Cc3ccccc3CC2C(=O)O)c1. The van der Waals surface area contributed by atoms with Crippen molar-refractivity contribution in [3.05, 3.63) is 70.8 Å². The summed E-state index contributed by atoms with van der Waals surface area (Å²) in [5.74, 6) is -1.25. The summed E-state index contributed by atoms with van der Waals surface area (Å²) in [5, 5.41) is 9.55. The van der Waals surface area contributed by atoms with Gasteiger partial charge in [-0.25, -0.2) is 4.79 Å². The number of hydrogen-bond donors (Lipinski definition) is 1. The van der Waals surface area contributed by atoms with E-state index in [-0.39, 0.29) is 5.91 Å². The highest BCUT2D eigenvalue weighted by Crippen LogP contribution is 2.25. The first-order chi connectivity index (χ1) is 11.6. The van der Waals surface area contributed by atoms with Gasteiger partial charge in [-0.1, -0.05) is 36.4 Å². The summed E-state index contributed by atoms with van der Waals surface area (Å²) < 4.78 is 5.09. The smallest absolute Gasteiger partial charge is 0.326 e. The second-order valence-corrected chi connectivity index (χ2v) is 5.89. The highest BCUT2D eigenvalue weighted by molar-refractivity contribution is 5.97. The lowest BCUT2D eigenvalue weighted by molar-refractivity contribution is -0.142. The second kappa shape index (κ2) is 6.84. The minimum absolute atomic E-state index is 0.269. The van der Waals surface area contributed by atoms with E-state index < -0.39 is 12.0 Å². The number of methoxy groups -OCH3 is 1. The molecule has 0 bridgehead atoms. The lowest BCUT2D eigenvalue weighted by Gasteiger charge is -2.34. The van der Waals surface area contributed by atoms with Crippen molar-refractivity contribution in [2.24, 2.45) is 0 Å². The normalized spacial score (nSPS) is 16.5. The number of carboxylic acid groups (broad SMARTS) is 1. The van der Waals surface area contributed by atoms with Crippen LogP contribution in [0.3, 0.4) is 0 Å². The predicted octanol–water partition coefficient (Wildman–Crippen LogP) is 2.48. The largest absolute Gasteiger partial charge is 0.480 e. The third-order valence-electron chi connectivity index (χ3n) is 4.28. The zero-order valence-electron chi connectivity index (χ0n) is 13.4. The van der Waals surface area contributed by atoms with Crippen molar-refractivity contribution in [3.63, 3.8) is 0 Å². The van der Waals surface area contributed by atoms with Crippen LogP contribution >= 0.6 is 0 Å². The van der Waals surface area contributed by atoms with Crippen molar-refractivity contribution >= 4 is 11.9 Å². The molecule has 1 atom stereocenters. The van der Waals surface area contributed by atoms with E-state index in [4.69, 9.17) is 4.74 Å². The van der Waals surface area contributed by atoms with Gasteiger partial charge in [0.25, 0.3) is 5.91 Å². The molecular formula is C19H19NO4. The number of nitrogens with zero attached hydrogens (tertiary/aromatic N) is 1. The summed E-state index contributed by atoms with van der Waals surface area (Å²) in [6.45, 7) is 0.715. The van der Waals surface area contributed by atoms with E-state index in [2.05, 4.69) is 0 Å². The van der Waals surface area contributed by atoms with Gasteiger partial charge in [0.15, 0.2) is 0 Å². The maximum absolute atomic E-state index is 12.9. The van der Waals surface area contributed by atoms with Crippen LogP contribution in [0.5, 0.6) is 0 Å². The molecule has 0 spiro atoms. The average molecular weight is 325 g/mol. The number of benzene rings is 2. The molecule has 124 valence electrons. The molecule has 1 aliphatic rings. The zero-order chi connectivity index (χ0) is 17.1. The van der Waals surface area contributed by atoms with E-state index in [1.165, 1.54) is 4.90 Å². The molecule has 1 aliphatic heterocycles. The molecule has 5 nitrogen and oxygen atoms in total. The Bertz CT molecular complexity index is 771. The molecule has 24 heavy (non-hydrogen) atoms. The Morgan fingerprint density at radius 2 is 1.92 bits per heavy atom. The Morgan fingerprint density at radius 3 is 2.62 bits per heavy atom. The summed E-state index contributed by atoms with van der Waals surface area (Å²) in [7, 11) is 1.59. The monoisotopic (exact) mass is 325 g/mol. The average Bonchev–Trinajstić information content (AvgIpc) is 2.60. The molecule has 3 rings (SSSR count). The van der Waals surface area contributed by atoms with Crippen LogP contribution in [0, 0.1) is 0 Å². The molecule has 0 aromatic heterocycles. The fourth-order valence-electron chi connectivity index (χ4n) is 3.08. The van der Waals surface area contributed by atoms with Crippen molar-refractivity contribution in [2.45, 2.75) is 25.6 Å². The molecular weight excluding hydrogens is 306 g/mol. The second-order valence-electron chi connectivity index (χ2n) is 5.89. The lowest BCUT2D eigenvalue weighted by Crippen LogP contribution is -2.48. The van der Waals surface area contributed by atoms with Gasteiger partial charge in [-0.15, -0.1) is 0 Å². The van der Waals surface area contributed by atoms with Crippen molar-refractivity contribution in [3.8, 4) is 0 Å². The first-order valence-electron chi connectivity index (χ1n) is 7.78. The number of amides is 1. The lowest BCUT2D eigenvalue weighted by atomic mass is 9.93. The van der Waals surface area contributed by atoms with Gasteiger partial charge >= 0.3 is 5.97 Å². The van der Waals surface area contributed by atoms with E-state index in [0.29, 0.717) is 25.1 Å². The van der Waals surface area contributed by atoms with Crippen molar-refractivity contribution in [1.29, 1.82) is 0 Å². The van der Waals surface area contributed by atoms with Gasteiger partial charge < -0.3 is 14.7 Å². The molecule has 1 heterocycles. The predicted molar refractivity (Wildman–Crippen MR) is 88.6 cm³/mol. The number of carbonyl (C=O) groups is 2. The van der Waals surface area contributed by atoms with Crippen LogP contribution in [0.1, 0.15) is 27.0 Å². The van der Waals surface area contributed by atoms with E-state index in [9.17, 15) is 14.7 Å². The molecule has 0 saturated heterocycles. The number of hydrogen-bond acceptors (Lipinski definition) is 3. The molecule has 2 aromatic rings. The summed E-state index contributed by atoms with van der Waals surface area (Å²) in [5.41, 5.74) is 3.35. The molecule has 0 fully saturated rings. The third-order valence-corrected chi connectivity index (χ3v) is 4.28. The third kappa shape index (κ3) is 3.16. The van der Waals surface area contributed by atoms with Gasteiger partial charge in [-0.3, -0.25) is 4.79 Å². The van der Waals surface area contributed by atoms with Gasteiger partial charge in [0.1, 0.15) is 6.04 Å². The standard InChI is InChI=1S/C19H19NO4/c1-24-12-13-5-4-8-15(9-13)18(21)20-11-16-7-3-2-6-14(16)10-17(20)19(22)23/h2-9,17H,10-12H2,1H3,(H,22,23). The number of fused-ring (bicyclic) bond motifs is 1. The first-order valence-corrected chi connectivity index (χ1v) is 7.78. The van der Waals surface area contributed by atoms with Crippen LogP contribution in [-0.2, 0) is 29.1 Å². The molecule has 2 aromatic carbocycles. The number of carbonyl (C=O) groups excluding carboxylic acids is 1. The van der Waals surface area contributed by atoms with Gasteiger partial charge in [0, 0.05) is 25.6 Å². The summed E-state index contributed by atoms with van der Waals surface area (Å²) in [6.07, 6.45) is 0.328. The van der Waals surface area contributed by atoms with Crippen LogP contribution in [0.15, 0.2) is 48.5 Å². The van der Waals surface area contributed by atoms with Gasteiger partial charge in [-0.05, 0) is 28.8 Å². The molecule has 0 saturated carbocycles. The number of aliphatic carboxylic acids is 1. The van der Waals surface area contributed by atoms with E-state index in [1.54, 1.807) is 25.3 Å². The Labute approximate surface area is 140 Å². The zero-order valence-corrected chi connectivity index (χ0v) is 13.4. The number of rotatable bonds is 4. The van der Waals surface area contributed by atoms with E-state index in [0.717, 1.165) is 16.7 Å². The van der Waals surface area contributed by atoms with E-state index in [1.807, 2.05) is 30.3 Å². The highest BCUT2D eigenvalue weighted by Gasteiger charge is 2.34. The molecule has 0 radical (unpaired) electrons. The van der Waals surface area contributed by atoms with Crippen LogP contribution < -0.4 is 0 Å². The fraction of sp³-hybridized carbons (Fsp3) is 0.263. The van der Waals surface area contributed by atoms with Gasteiger partial charge in [0.05, 0.1) is 6.61 Å². The van der Waals surface area contributed by atoms with Crippen LogP contribution in [0.25, 0.3) is 0 Å². The first kappa shape index (κ1) is 16.2. The maximum atomic E-state index is 12.9. The molecule has 1 N–H and O–H groups in total. The van der Waals surface area contributed by atoms with Crippen molar-refractivity contribution < 1.29 is 19.4 Å². The highest BCUT2D eigenvalue weighted by atomic mass is 16.5. The van der Waals surface area contributed by atoms with Gasteiger partial charge in [0.2, 0.25) is 0 Å². The molecule has 1 amide bonds. The molecule has 0 aliphatic carbocycles. The number of ether oxygens (including phenoxy) is 1. The minimum Gasteiger partial charge on any atom is -0.480 e. The Morgan fingerprint density at radius 1 is 1.17 bits per heavy atom. The molecule has 1 unspecified atom stereocenters. The van der Waals surface area contributed by atoms with E-state index >= 15 is 0 Å². The van der Waals surface area contributed by atoms with Gasteiger partial charge in [-0.2, -0.15) is 0 Å².